The molecule has 0 aromatic heterocycles. The SMILES string of the molecule is CCC(=O)c1ccc(OC(F)F)cc1OC(F)(F)F. The molecule has 0 bridgehead atoms. The minimum Gasteiger partial charge on any atom is -0.435 e. The van der Waals surface area contributed by atoms with Crippen LogP contribution in [0.4, 0.5) is 22.0 Å². The second kappa shape index (κ2) is 5.85. The molecule has 0 saturated heterocycles. The number of ketones is 1. The Morgan fingerprint density at radius 1 is 1.32 bits per heavy atom. The van der Waals surface area contributed by atoms with Crippen LogP contribution in [0.1, 0.15) is 23.7 Å². The Hall–Kier alpha value is -1.86. The van der Waals surface area contributed by atoms with E-state index in [0.717, 1.165) is 12.1 Å². The summed E-state index contributed by atoms with van der Waals surface area (Å²) in [5, 5.41) is 0. The van der Waals surface area contributed by atoms with Crippen LogP contribution in [-0.2, 0) is 0 Å². The lowest BCUT2D eigenvalue weighted by Crippen LogP contribution is -2.19. The predicted octanol–water partition coefficient (Wildman–Crippen LogP) is 3.78. The van der Waals surface area contributed by atoms with Crippen molar-refractivity contribution in [3.63, 3.8) is 0 Å². The van der Waals surface area contributed by atoms with Crippen LogP contribution in [0.2, 0.25) is 0 Å². The smallest absolute Gasteiger partial charge is 0.435 e. The highest BCUT2D eigenvalue weighted by Gasteiger charge is 2.33. The van der Waals surface area contributed by atoms with Crippen molar-refractivity contribution in [2.75, 3.05) is 0 Å². The number of halogens is 5. The Morgan fingerprint density at radius 3 is 2.42 bits per heavy atom. The maximum Gasteiger partial charge on any atom is 0.573 e. The highest BCUT2D eigenvalue weighted by atomic mass is 19.4. The fourth-order valence-electron chi connectivity index (χ4n) is 1.31. The maximum absolute atomic E-state index is 12.2. The summed E-state index contributed by atoms with van der Waals surface area (Å²) in [5.41, 5.74) is -0.346. The predicted molar refractivity (Wildman–Crippen MR) is 54.4 cm³/mol. The molecule has 0 amide bonds. The fraction of sp³-hybridized carbons (Fsp3) is 0.364. The van der Waals surface area contributed by atoms with E-state index in [-0.39, 0.29) is 12.0 Å². The summed E-state index contributed by atoms with van der Waals surface area (Å²) in [5.74, 6) is -2.00. The summed E-state index contributed by atoms with van der Waals surface area (Å²) in [6.45, 7) is -1.74. The van der Waals surface area contributed by atoms with E-state index in [1.807, 2.05) is 0 Å². The molecule has 19 heavy (non-hydrogen) atoms. The number of carbonyl (C=O) groups is 1. The van der Waals surface area contributed by atoms with Gasteiger partial charge in [0, 0.05) is 12.5 Å². The molecule has 3 nitrogen and oxygen atoms in total. The molecule has 0 aliphatic heterocycles. The third-order valence-corrected chi connectivity index (χ3v) is 2.03. The number of rotatable bonds is 5. The van der Waals surface area contributed by atoms with Crippen LogP contribution in [0, 0.1) is 0 Å². The first-order valence-electron chi connectivity index (χ1n) is 5.10. The molecule has 8 heteroatoms. The van der Waals surface area contributed by atoms with E-state index < -0.39 is 30.3 Å². The van der Waals surface area contributed by atoms with Gasteiger partial charge in [-0.15, -0.1) is 13.2 Å². The summed E-state index contributed by atoms with van der Waals surface area (Å²) in [6.07, 6.45) is -5.09. The molecule has 106 valence electrons. The monoisotopic (exact) mass is 284 g/mol. The summed E-state index contributed by atoms with van der Waals surface area (Å²) >= 11 is 0. The van der Waals surface area contributed by atoms with Crippen LogP contribution in [0.15, 0.2) is 18.2 Å². The molecule has 0 saturated carbocycles. The lowest BCUT2D eigenvalue weighted by atomic mass is 10.1. The zero-order valence-corrected chi connectivity index (χ0v) is 9.63. The quantitative estimate of drug-likeness (QED) is 0.609. The Bertz CT molecular complexity index is 456. The van der Waals surface area contributed by atoms with Gasteiger partial charge in [0.05, 0.1) is 5.56 Å². The summed E-state index contributed by atoms with van der Waals surface area (Å²) in [7, 11) is 0. The number of hydrogen-bond acceptors (Lipinski definition) is 3. The van der Waals surface area contributed by atoms with Crippen molar-refractivity contribution in [3.05, 3.63) is 23.8 Å². The van der Waals surface area contributed by atoms with E-state index in [1.54, 1.807) is 0 Å². The van der Waals surface area contributed by atoms with Crippen LogP contribution < -0.4 is 9.47 Å². The van der Waals surface area contributed by atoms with Gasteiger partial charge in [0.1, 0.15) is 11.5 Å². The summed E-state index contributed by atoms with van der Waals surface area (Å²) < 4.78 is 68.0. The normalized spacial score (nSPS) is 11.5. The van der Waals surface area contributed by atoms with Gasteiger partial charge in [0.25, 0.3) is 0 Å². The lowest BCUT2D eigenvalue weighted by Gasteiger charge is -2.14. The highest BCUT2D eigenvalue weighted by molar-refractivity contribution is 5.98. The first-order chi connectivity index (χ1) is 8.73. The van der Waals surface area contributed by atoms with Crippen molar-refractivity contribution in [1.29, 1.82) is 0 Å². The van der Waals surface area contributed by atoms with Crippen LogP contribution in [0.3, 0.4) is 0 Å². The largest absolute Gasteiger partial charge is 0.573 e. The molecule has 1 rings (SSSR count). The summed E-state index contributed by atoms with van der Waals surface area (Å²) in [6, 6.07) is 2.52. The molecule has 0 atom stereocenters. The molecule has 0 spiro atoms. The van der Waals surface area contributed by atoms with Gasteiger partial charge in [-0.1, -0.05) is 6.92 Å². The van der Waals surface area contributed by atoms with E-state index in [4.69, 9.17) is 0 Å². The molecule has 0 N–H and O–H groups in total. The second-order valence-electron chi connectivity index (χ2n) is 3.36. The molecule has 0 fully saturated rings. The average Bonchev–Trinajstić information content (AvgIpc) is 2.25. The van der Waals surface area contributed by atoms with E-state index in [2.05, 4.69) is 9.47 Å². The summed E-state index contributed by atoms with van der Waals surface area (Å²) in [4.78, 5) is 11.4. The molecular formula is C11H9F5O3. The third-order valence-electron chi connectivity index (χ3n) is 2.03. The number of ether oxygens (including phenoxy) is 2. The molecule has 0 radical (unpaired) electrons. The minimum absolute atomic E-state index is 0.0523. The number of alkyl halides is 5. The van der Waals surface area contributed by atoms with Gasteiger partial charge in [-0.2, -0.15) is 8.78 Å². The van der Waals surface area contributed by atoms with Crippen LogP contribution in [-0.4, -0.2) is 18.8 Å². The zero-order valence-electron chi connectivity index (χ0n) is 9.63. The molecule has 1 aromatic carbocycles. The number of Topliss-reactive ketones (excluding diaryl/α,β-unsaturated/α-hetero) is 1. The standard InChI is InChI=1S/C11H9F5O3/c1-2-8(17)7-4-3-6(18-10(12)13)5-9(7)19-11(14,15)16/h3-5,10H,2H2,1H3. The van der Waals surface area contributed by atoms with Gasteiger partial charge in [0.2, 0.25) is 0 Å². The number of carbonyl (C=O) groups excluding carboxylic acids is 1. The van der Waals surface area contributed by atoms with Crippen molar-refractivity contribution in [2.45, 2.75) is 26.3 Å². The molecular weight excluding hydrogens is 275 g/mol. The Balaban J connectivity index is 3.14. The topological polar surface area (TPSA) is 35.5 Å². The molecule has 1 aromatic rings. The lowest BCUT2D eigenvalue weighted by molar-refractivity contribution is -0.274. The van der Waals surface area contributed by atoms with Gasteiger partial charge in [-0.25, -0.2) is 0 Å². The van der Waals surface area contributed by atoms with E-state index in [9.17, 15) is 26.7 Å². The van der Waals surface area contributed by atoms with Crippen molar-refractivity contribution in [3.8, 4) is 11.5 Å². The fourth-order valence-corrected chi connectivity index (χ4v) is 1.31. The molecule has 0 aliphatic rings. The number of hydrogen-bond donors (Lipinski definition) is 0. The average molecular weight is 284 g/mol. The van der Waals surface area contributed by atoms with Gasteiger partial charge < -0.3 is 9.47 Å². The van der Waals surface area contributed by atoms with Gasteiger partial charge in [0.15, 0.2) is 5.78 Å². The van der Waals surface area contributed by atoms with Crippen molar-refractivity contribution >= 4 is 5.78 Å². The van der Waals surface area contributed by atoms with Crippen LogP contribution >= 0.6 is 0 Å². The molecule has 0 heterocycles. The van der Waals surface area contributed by atoms with Crippen molar-refractivity contribution in [2.24, 2.45) is 0 Å². The Kier molecular flexibility index (Phi) is 4.68. The van der Waals surface area contributed by atoms with Gasteiger partial charge >= 0.3 is 13.0 Å². The minimum atomic E-state index is -5.04. The van der Waals surface area contributed by atoms with Crippen LogP contribution in [0.25, 0.3) is 0 Å². The molecule has 0 unspecified atom stereocenters. The van der Waals surface area contributed by atoms with E-state index in [0.29, 0.717) is 6.07 Å². The highest BCUT2D eigenvalue weighted by Crippen LogP contribution is 2.31. The third kappa shape index (κ3) is 4.72. The Morgan fingerprint density at radius 2 is 1.95 bits per heavy atom. The van der Waals surface area contributed by atoms with E-state index >= 15 is 0 Å². The molecule has 0 aliphatic carbocycles. The zero-order chi connectivity index (χ0) is 14.6. The van der Waals surface area contributed by atoms with Crippen molar-refractivity contribution in [1.82, 2.24) is 0 Å². The first kappa shape index (κ1) is 15.2. The van der Waals surface area contributed by atoms with Gasteiger partial charge in [-0.3, -0.25) is 4.79 Å². The number of benzene rings is 1. The Labute approximate surface area is 104 Å². The van der Waals surface area contributed by atoms with Crippen molar-refractivity contribution < 1.29 is 36.2 Å². The van der Waals surface area contributed by atoms with E-state index in [1.165, 1.54) is 6.92 Å². The second-order valence-corrected chi connectivity index (χ2v) is 3.36. The maximum atomic E-state index is 12.2. The first-order valence-corrected chi connectivity index (χ1v) is 5.10. The van der Waals surface area contributed by atoms with Gasteiger partial charge in [-0.05, 0) is 12.1 Å². The van der Waals surface area contributed by atoms with Crippen LogP contribution in [0.5, 0.6) is 11.5 Å².